The maximum absolute atomic E-state index is 9.71. The van der Waals surface area contributed by atoms with Crippen LogP contribution in [0.5, 0.6) is 5.75 Å². The lowest BCUT2D eigenvalue weighted by atomic mass is 10.2. The molecule has 1 aromatic heterocycles. The molecule has 0 aliphatic rings. The zero-order chi connectivity index (χ0) is 13.1. The van der Waals surface area contributed by atoms with Crippen LogP contribution in [-0.2, 0) is 20.1 Å². The van der Waals surface area contributed by atoms with E-state index in [0.29, 0.717) is 12.3 Å². The lowest BCUT2D eigenvalue weighted by Crippen LogP contribution is -2.13. The molecule has 0 atom stereocenters. The van der Waals surface area contributed by atoms with Crippen molar-refractivity contribution in [1.29, 1.82) is 0 Å². The molecule has 2 N–H and O–H groups in total. The fourth-order valence-electron chi connectivity index (χ4n) is 1.85. The summed E-state index contributed by atoms with van der Waals surface area (Å²) in [4.78, 5) is 0. The first-order chi connectivity index (χ1) is 8.56. The minimum Gasteiger partial charge on any atom is -0.508 e. The number of rotatable bonds is 4. The summed E-state index contributed by atoms with van der Waals surface area (Å²) < 4.78 is 2.78. The third-order valence-electron chi connectivity index (χ3n) is 2.79. The van der Waals surface area contributed by atoms with E-state index in [1.54, 1.807) is 6.07 Å². The molecule has 4 nitrogen and oxygen atoms in total. The highest BCUT2D eigenvalue weighted by Gasteiger charge is 2.04. The molecule has 0 amide bonds. The maximum Gasteiger partial charge on any atom is 0.120 e. The van der Waals surface area contributed by atoms with Gasteiger partial charge in [0, 0.05) is 41.9 Å². The zero-order valence-electron chi connectivity index (χ0n) is 10.4. The second kappa shape index (κ2) is 5.54. The van der Waals surface area contributed by atoms with Crippen molar-refractivity contribution in [3.8, 4) is 5.75 Å². The van der Waals surface area contributed by atoms with Gasteiger partial charge in [-0.25, -0.2) is 0 Å². The average molecular weight is 310 g/mol. The number of nitrogens with one attached hydrogen (secondary N) is 1. The zero-order valence-corrected chi connectivity index (χ0v) is 12.0. The average Bonchev–Trinajstić information content (AvgIpc) is 2.62. The predicted molar refractivity (Wildman–Crippen MR) is 74.3 cm³/mol. The highest BCUT2D eigenvalue weighted by Crippen LogP contribution is 2.21. The van der Waals surface area contributed by atoms with Crippen LogP contribution in [0.1, 0.15) is 16.8 Å². The number of aromatic nitrogens is 2. The van der Waals surface area contributed by atoms with E-state index >= 15 is 0 Å². The monoisotopic (exact) mass is 309 g/mol. The van der Waals surface area contributed by atoms with Gasteiger partial charge < -0.3 is 10.4 Å². The van der Waals surface area contributed by atoms with Gasteiger partial charge in [0.1, 0.15) is 5.75 Å². The Kier molecular flexibility index (Phi) is 4.04. The van der Waals surface area contributed by atoms with E-state index in [0.717, 1.165) is 22.3 Å². The summed E-state index contributed by atoms with van der Waals surface area (Å²) in [6.07, 6.45) is 2.00. The summed E-state index contributed by atoms with van der Waals surface area (Å²) in [5.74, 6) is 0.314. The SMILES string of the molecule is Cc1nn(C)cc1CNCc1cc(Br)ccc1O. The molecule has 0 fully saturated rings. The molecule has 2 rings (SSSR count). The van der Waals surface area contributed by atoms with Crippen LogP contribution < -0.4 is 5.32 Å². The molecule has 0 spiro atoms. The van der Waals surface area contributed by atoms with E-state index in [4.69, 9.17) is 0 Å². The summed E-state index contributed by atoms with van der Waals surface area (Å²) in [5, 5.41) is 17.3. The van der Waals surface area contributed by atoms with Crippen molar-refractivity contribution < 1.29 is 5.11 Å². The summed E-state index contributed by atoms with van der Waals surface area (Å²) in [6, 6.07) is 5.43. The van der Waals surface area contributed by atoms with Crippen LogP contribution in [-0.4, -0.2) is 14.9 Å². The lowest BCUT2D eigenvalue weighted by molar-refractivity contribution is 0.464. The van der Waals surface area contributed by atoms with Crippen LogP contribution in [0.3, 0.4) is 0 Å². The molecule has 18 heavy (non-hydrogen) atoms. The van der Waals surface area contributed by atoms with Gasteiger partial charge in [-0.05, 0) is 25.1 Å². The van der Waals surface area contributed by atoms with Crippen molar-refractivity contribution in [2.24, 2.45) is 7.05 Å². The van der Waals surface area contributed by atoms with Crippen LogP contribution in [0.15, 0.2) is 28.9 Å². The first-order valence-corrected chi connectivity index (χ1v) is 6.53. The molecular weight excluding hydrogens is 294 g/mol. The van der Waals surface area contributed by atoms with E-state index in [1.165, 1.54) is 5.56 Å². The van der Waals surface area contributed by atoms with Gasteiger partial charge in [0.15, 0.2) is 0 Å². The standard InChI is InChI=1S/C13H16BrN3O/c1-9-11(8-17(2)16-9)7-15-6-10-5-12(14)3-4-13(10)18/h3-5,8,15,18H,6-7H2,1-2H3. The molecule has 1 aromatic carbocycles. The number of nitrogens with zero attached hydrogens (tertiary/aromatic N) is 2. The summed E-state index contributed by atoms with van der Waals surface area (Å²) in [7, 11) is 1.91. The molecule has 0 aliphatic heterocycles. The highest BCUT2D eigenvalue weighted by atomic mass is 79.9. The van der Waals surface area contributed by atoms with Gasteiger partial charge in [-0.3, -0.25) is 4.68 Å². The number of aryl methyl sites for hydroxylation is 2. The van der Waals surface area contributed by atoms with Crippen molar-refractivity contribution in [1.82, 2.24) is 15.1 Å². The molecule has 0 aliphatic carbocycles. The molecule has 2 aromatic rings. The summed E-state index contributed by atoms with van der Waals surface area (Å²) >= 11 is 3.40. The Morgan fingerprint density at radius 1 is 1.33 bits per heavy atom. The molecule has 1 heterocycles. The number of halogens is 1. The van der Waals surface area contributed by atoms with Gasteiger partial charge in [-0.15, -0.1) is 0 Å². The van der Waals surface area contributed by atoms with Crippen molar-refractivity contribution >= 4 is 15.9 Å². The van der Waals surface area contributed by atoms with Crippen LogP contribution >= 0.6 is 15.9 Å². The van der Waals surface area contributed by atoms with E-state index in [-0.39, 0.29) is 0 Å². The molecule has 5 heteroatoms. The Hall–Kier alpha value is -1.33. The fourth-order valence-corrected chi connectivity index (χ4v) is 2.26. The molecule has 96 valence electrons. The van der Waals surface area contributed by atoms with Gasteiger partial charge in [0.25, 0.3) is 0 Å². The minimum atomic E-state index is 0.314. The van der Waals surface area contributed by atoms with Gasteiger partial charge >= 0.3 is 0 Å². The third-order valence-corrected chi connectivity index (χ3v) is 3.28. The summed E-state index contributed by atoms with van der Waals surface area (Å²) in [6.45, 7) is 3.36. The van der Waals surface area contributed by atoms with Gasteiger partial charge in [0.05, 0.1) is 5.69 Å². The van der Waals surface area contributed by atoms with Gasteiger partial charge in [-0.1, -0.05) is 15.9 Å². The smallest absolute Gasteiger partial charge is 0.120 e. The number of phenols is 1. The lowest BCUT2D eigenvalue weighted by Gasteiger charge is -2.07. The number of aromatic hydroxyl groups is 1. The first-order valence-electron chi connectivity index (χ1n) is 5.73. The molecule has 0 unspecified atom stereocenters. The van der Waals surface area contributed by atoms with Crippen LogP contribution in [0.2, 0.25) is 0 Å². The molecule has 0 saturated heterocycles. The van der Waals surface area contributed by atoms with Crippen LogP contribution in [0.25, 0.3) is 0 Å². The molecule has 0 saturated carbocycles. The Morgan fingerprint density at radius 3 is 2.72 bits per heavy atom. The van der Waals surface area contributed by atoms with Crippen molar-refractivity contribution in [2.75, 3.05) is 0 Å². The predicted octanol–water partition coefficient (Wildman–Crippen LogP) is 2.49. The minimum absolute atomic E-state index is 0.314. The quantitative estimate of drug-likeness (QED) is 0.912. The topological polar surface area (TPSA) is 50.1 Å². The number of hydrogen-bond donors (Lipinski definition) is 2. The van der Waals surface area contributed by atoms with Crippen molar-refractivity contribution in [3.05, 3.63) is 45.7 Å². The van der Waals surface area contributed by atoms with E-state index < -0.39 is 0 Å². The normalized spacial score (nSPS) is 10.8. The number of benzene rings is 1. The van der Waals surface area contributed by atoms with Crippen LogP contribution in [0.4, 0.5) is 0 Å². The Morgan fingerprint density at radius 2 is 2.06 bits per heavy atom. The van der Waals surface area contributed by atoms with Crippen molar-refractivity contribution in [3.63, 3.8) is 0 Å². The van der Waals surface area contributed by atoms with Crippen molar-refractivity contribution in [2.45, 2.75) is 20.0 Å². The Balaban J connectivity index is 1.96. The van der Waals surface area contributed by atoms with Gasteiger partial charge in [-0.2, -0.15) is 5.10 Å². The largest absolute Gasteiger partial charge is 0.508 e. The van der Waals surface area contributed by atoms with Gasteiger partial charge in [0.2, 0.25) is 0 Å². The summed E-state index contributed by atoms with van der Waals surface area (Å²) in [5.41, 5.74) is 3.08. The van der Waals surface area contributed by atoms with E-state index in [9.17, 15) is 5.11 Å². The second-order valence-electron chi connectivity index (χ2n) is 4.29. The van der Waals surface area contributed by atoms with E-state index in [2.05, 4.69) is 26.3 Å². The Labute approximate surface area is 115 Å². The second-order valence-corrected chi connectivity index (χ2v) is 5.21. The first kappa shape index (κ1) is 13.1. The highest BCUT2D eigenvalue weighted by molar-refractivity contribution is 9.10. The fraction of sp³-hybridized carbons (Fsp3) is 0.308. The molecular formula is C13H16BrN3O. The Bertz CT molecular complexity index is 551. The third kappa shape index (κ3) is 3.11. The molecule has 0 bridgehead atoms. The van der Waals surface area contributed by atoms with E-state index in [1.807, 2.05) is 37.0 Å². The maximum atomic E-state index is 9.71. The molecule has 0 radical (unpaired) electrons. The van der Waals surface area contributed by atoms with Crippen LogP contribution in [0, 0.1) is 6.92 Å². The number of hydrogen-bond acceptors (Lipinski definition) is 3. The number of phenolic OH excluding ortho intramolecular Hbond substituents is 1.